The number of fused-ring (bicyclic) bond motifs is 1. The summed E-state index contributed by atoms with van der Waals surface area (Å²) in [6.45, 7) is 2.11. The molecule has 4 rings (SSSR count). The van der Waals surface area contributed by atoms with Crippen LogP contribution in [-0.4, -0.2) is 30.7 Å². The first-order chi connectivity index (χ1) is 13.6. The van der Waals surface area contributed by atoms with E-state index in [2.05, 4.69) is 14.9 Å². The number of hydrogen-bond donors (Lipinski definition) is 3. The Kier molecular flexibility index (Phi) is 5.12. The fraction of sp³-hybridized carbons (Fsp3) is 0.158. The van der Waals surface area contributed by atoms with Crippen LogP contribution in [0.25, 0.3) is 31.8 Å². The maximum Gasteiger partial charge on any atom is 0.201 e. The van der Waals surface area contributed by atoms with E-state index in [0.717, 1.165) is 48.8 Å². The number of hydrogen-bond acceptors (Lipinski definition) is 6. The minimum absolute atomic E-state index is 0.205. The third kappa shape index (κ3) is 3.51. The van der Waals surface area contributed by atoms with Gasteiger partial charge in [-0.3, -0.25) is 5.10 Å². The van der Waals surface area contributed by atoms with Gasteiger partial charge in [-0.2, -0.15) is 5.10 Å². The monoisotopic (exact) mass is 414 g/mol. The zero-order valence-corrected chi connectivity index (χ0v) is 16.9. The number of H-pyrrole nitrogens is 1. The molecule has 0 atom stereocenters. The Labute approximate surface area is 167 Å². The predicted octanol–water partition coefficient (Wildman–Crippen LogP) is 3.29. The number of nitrogens with one attached hydrogen (secondary N) is 2. The highest BCUT2D eigenvalue weighted by molar-refractivity contribution is 7.70. The third-order valence-electron chi connectivity index (χ3n) is 4.39. The number of rotatable bonds is 6. The van der Waals surface area contributed by atoms with Crippen LogP contribution in [-0.2, 0) is 17.4 Å². The van der Waals surface area contributed by atoms with Gasteiger partial charge in [0.05, 0.1) is 13.3 Å². The zero-order chi connectivity index (χ0) is 19.7. The predicted molar refractivity (Wildman–Crippen MR) is 111 cm³/mol. The van der Waals surface area contributed by atoms with Gasteiger partial charge in [0.1, 0.15) is 10.6 Å². The Morgan fingerprint density at radius 3 is 2.82 bits per heavy atom. The molecule has 9 heteroatoms. The molecule has 1 aromatic carbocycles. The van der Waals surface area contributed by atoms with E-state index >= 15 is 0 Å². The topological polar surface area (TPSA) is 97.0 Å². The fourth-order valence-electron chi connectivity index (χ4n) is 3.23. The standard InChI is InChI=1S/C19H18N4O3S2/c1-11-6-13(10-22-28(24)25)17-16(12-4-3-5-15(7-12)26-2)18(27-19(17)23-11)14-8-20-21-9-14/h3-9,28H,10H2,1-2H3,(H,20,21)(H,22,24,25). The molecule has 0 radical (unpaired) electrons. The summed E-state index contributed by atoms with van der Waals surface area (Å²) in [6.07, 6.45) is 3.61. The van der Waals surface area contributed by atoms with E-state index in [1.807, 2.05) is 43.5 Å². The lowest BCUT2D eigenvalue weighted by Gasteiger charge is -2.10. The lowest BCUT2D eigenvalue weighted by molar-refractivity contribution is 0.415. The van der Waals surface area contributed by atoms with Crippen molar-refractivity contribution in [2.24, 2.45) is 0 Å². The smallest absolute Gasteiger partial charge is 0.201 e. The van der Waals surface area contributed by atoms with Gasteiger partial charge >= 0.3 is 0 Å². The quantitative estimate of drug-likeness (QED) is 0.421. The molecule has 3 heterocycles. The first-order valence-electron chi connectivity index (χ1n) is 8.51. The summed E-state index contributed by atoms with van der Waals surface area (Å²) in [5.41, 5.74) is 4.63. The molecule has 144 valence electrons. The summed E-state index contributed by atoms with van der Waals surface area (Å²) in [6, 6.07) is 9.73. The second kappa shape index (κ2) is 7.70. The molecule has 0 bridgehead atoms. The average Bonchev–Trinajstić information content (AvgIpc) is 3.33. The van der Waals surface area contributed by atoms with Crippen molar-refractivity contribution in [3.63, 3.8) is 0 Å². The summed E-state index contributed by atoms with van der Waals surface area (Å²) < 4.78 is 30.1. The number of ether oxygens (including phenoxy) is 1. The van der Waals surface area contributed by atoms with E-state index in [9.17, 15) is 8.42 Å². The van der Waals surface area contributed by atoms with Gasteiger partial charge in [0.2, 0.25) is 10.9 Å². The number of aryl methyl sites for hydroxylation is 1. The minimum Gasteiger partial charge on any atom is -0.497 e. The fourth-order valence-corrected chi connectivity index (χ4v) is 4.80. The molecule has 0 saturated heterocycles. The maximum absolute atomic E-state index is 11.1. The van der Waals surface area contributed by atoms with E-state index in [-0.39, 0.29) is 6.54 Å². The van der Waals surface area contributed by atoms with Gasteiger partial charge in [0.15, 0.2) is 0 Å². The summed E-state index contributed by atoms with van der Waals surface area (Å²) in [7, 11) is -1.06. The molecule has 0 aliphatic heterocycles. The van der Waals surface area contributed by atoms with Crippen LogP contribution in [0.2, 0.25) is 0 Å². The third-order valence-corrected chi connectivity index (χ3v) is 5.94. The van der Waals surface area contributed by atoms with Crippen molar-refractivity contribution in [2.45, 2.75) is 13.5 Å². The van der Waals surface area contributed by atoms with Gasteiger partial charge in [-0.1, -0.05) is 12.1 Å². The van der Waals surface area contributed by atoms with Crippen molar-refractivity contribution >= 4 is 32.4 Å². The Morgan fingerprint density at radius 1 is 1.25 bits per heavy atom. The van der Waals surface area contributed by atoms with E-state index in [4.69, 9.17) is 9.72 Å². The number of aromatic nitrogens is 3. The summed E-state index contributed by atoms with van der Waals surface area (Å²) in [5.74, 6) is 0.748. The highest BCUT2D eigenvalue weighted by Gasteiger charge is 2.21. The molecular formula is C19H18N4O3S2. The summed E-state index contributed by atoms with van der Waals surface area (Å²) in [5, 5.41) is 7.87. The van der Waals surface area contributed by atoms with Crippen molar-refractivity contribution in [2.75, 3.05) is 7.11 Å². The van der Waals surface area contributed by atoms with E-state index in [0.29, 0.717) is 0 Å². The van der Waals surface area contributed by atoms with Gasteiger partial charge in [-0.25, -0.2) is 18.1 Å². The zero-order valence-electron chi connectivity index (χ0n) is 15.2. The molecule has 2 N–H and O–H groups in total. The lowest BCUT2D eigenvalue weighted by atomic mass is 9.97. The minimum atomic E-state index is -2.69. The van der Waals surface area contributed by atoms with Gasteiger partial charge in [-0.15, -0.1) is 11.3 Å². The van der Waals surface area contributed by atoms with Crippen LogP contribution >= 0.6 is 11.3 Å². The van der Waals surface area contributed by atoms with Crippen LogP contribution in [0.15, 0.2) is 42.7 Å². The molecule has 7 nitrogen and oxygen atoms in total. The molecule has 0 unspecified atom stereocenters. The molecule has 0 aliphatic carbocycles. The van der Waals surface area contributed by atoms with Crippen molar-refractivity contribution in [3.8, 4) is 27.3 Å². The van der Waals surface area contributed by atoms with Gasteiger partial charge < -0.3 is 4.74 Å². The first-order valence-corrected chi connectivity index (χ1v) is 10.5. The Hall–Kier alpha value is -2.75. The average molecular weight is 415 g/mol. The molecule has 0 saturated carbocycles. The highest BCUT2D eigenvalue weighted by atomic mass is 32.2. The van der Waals surface area contributed by atoms with Crippen LogP contribution < -0.4 is 9.46 Å². The number of aromatic amines is 1. The Balaban J connectivity index is 2.04. The highest BCUT2D eigenvalue weighted by Crippen LogP contribution is 2.45. The SMILES string of the molecule is COc1cccc(-c2c(-c3cn[nH]c3)sc3nc(C)cc(CN[SH](=O)=O)c23)c1. The molecular weight excluding hydrogens is 396 g/mol. The number of thiophene rings is 1. The van der Waals surface area contributed by atoms with Crippen LogP contribution in [0.5, 0.6) is 5.75 Å². The lowest BCUT2D eigenvalue weighted by Crippen LogP contribution is -2.11. The second-order valence-corrected chi connectivity index (χ2v) is 8.05. The van der Waals surface area contributed by atoms with Crippen molar-refractivity contribution in [1.29, 1.82) is 0 Å². The van der Waals surface area contributed by atoms with Crippen molar-refractivity contribution in [1.82, 2.24) is 19.9 Å². The van der Waals surface area contributed by atoms with Gasteiger partial charge in [0.25, 0.3) is 0 Å². The van der Waals surface area contributed by atoms with E-state index in [1.165, 1.54) is 0 Å². The number of benzene rings is 1. The second-order valence-electron chi connectivity index (χ2n) is 6.22. The number of methoxy groups -OCH3 is 1. The summed E-state index contributed by atoms with van der Waals surface area (Å²) in [4.78, 5) is 6.57. The molecule has 0 spiro atoms. The van der Waals surface area contributed by atoms with Crippen LogP contribution in [0.3, 0.4) is 0 Å². The normalized spacial score (nSPS) is 11.4. The maximum atomic E-state index is 11.1. The van der Waals surface area contributed by atoms with Gasteiger partial charge in [0, 0.05) is 39.8 Å². The summed E-state index contributed by atoms with van der Waals surface area (Å²) >= 11 is 1.56. The van der Waals surface area contributed by atoms with Crippen LogP contribution in [0.1, 0.15) is 11.3 Å². The molecule has 0 fully saturated rings. The van der Waals surface area contributed by atoms with Crippen molar-refractivity contribution in [3.05, 3.63) is 54.0 Å². The Bertz CT molecular complexity index is 1210. The molecule has 3 aromatic heterocycles. The number of pyridine rings is 1. The van der Waals surface area contributed by atoms with Gasteiger partial charge in [-0.05, 0) is 36.2 Å². The van der Waals surface area contributed by atoms with E-state index < -0.39 is 10.9 Å². The molecule has 0 amide bonds. The first kappa shape index (κ1) is 18.6. The molecule has 28 heavy (non-hydrogen) atoms. The van der Waals surface area contributed by atoms with Crippen molar-refractivity contribution < 1.29 is 13.2 Å². The molecule has 0 aliphatic rings. The molecule has 4 aromatic rings. The van der Waals surface area contributed by atoms with Crippen LogP contribution in [0.4, 0.5) is 0 Å². The van der Waals surface area contributed by atoms with E-state index in [1.54, 1.807) is 24.6 Å². The van der Waals surface area contributed by atoms with Crippen LogP contribution in [0, 0.1) is 6.92 Å². The largest absolute Gasteiger partial charge is 0.497 e. The number of thiol groups is 1. The Morgan fingerprint density at radius 2 is 2.11 bits per heavy atom. The number of nitrogens with zero attached hydrogens (tertiary/aromatic N) is 2.